The number of anilines is 1. The van der Waals surface area contributed by atoms with E-state index in [0.29, 0.717) is 18.7 Å². The zero-order chi connectivity index (χ0) is 23.3. The van der Waals surface area contributed by atoms with E-state index in [4.69, 9.17) is 9.47 Å². The lowest BCUT2D eigenvalue weighted by Crippen LogP contribution is -2.41. The van der Waals surface area contributed by atoms with Gasteiger partial charge in [0.15, 0.2) is 0 Å². The van der Waals surface area contributed by atoms with Gasteiger partial charge in [-0.25, -0.2) is 0 Å². The SMILES string of the molecule is O=C(NCCN1CCOCC1)c1cccc(NC2c3ccccc3C(=O)N2CC2CCCO2)c1. The maximum atomic E-state index is 13.2. The third kappa shape index (κ3) is 5.09. The van der Waals surface area contributed by atoms with E-state index in [1.807, 2.05) is 53.4 Å². The fourth-order valence-electron chi connectivity index (χ4n) is 4.88. The predicted molar refractivity (Wildman–Crippen MR) is 129 cm³/mol. The number of morpholine rings is 1. The Morgan fingerprint density at radius 3 is 2.74 bits per heavy atom. The monoisotopic (exact) mass is 464 g/mol. The Labute approximate surface area is 200 Å². The summed E-state index contributed by atoms with van der Waals surface area (Å²) in [5, 5.41) is 6.52. The molecule has 2 fully saturated rings. The number of ether oxygens (including phenoxy) is 2. The minimum Gasteiger partial charge on any atom is -0.379 e. The molecule has 0 bridgehead atoms. The molecule has 2 N–H and O–H groups in total. The molecule has 2 aromatic carbocycles. The summed E-state index contributed by atoms with van der Waals surface area (Å²) >= 11 is 0. The van der Waals surface area contributed by atoms with Crippen molar-refractivity contribution in [3.63, 3.8) is 0 Å². The number of carbonyl (C=O) groups excluding carboxylic acids is 2. The van der Waals surface area contributed by atoms with Crippen LogP contribution in [0.1, 0.15) is 45.3 Å². The van der Waals surface area contributed by atoms with Crippen molar-refractivity contribution < 1.29 is 19.1 Å². The molecule has 2 atom stereocenters. The number of hydrogen-bond donors (Lipinski definition) is 2. The first-order chi connectivity index (χ1) is 16.7. The molecule has 3 aliphatic heterocycles. The van der Waals surface area contributed by atoms with E-state index >= 15 is 0 Å². The van der Waals surface area contributed by atoms with Gasteiger partial charge in [0, 0.05) is 61.7 Å². The maximum Gasteiger partial charge on any atom is 0.256 e. The number of fused-ring (bicyclic) bond motifs is 1. The van der Waals surface area contributed by atoms with Gasteiger partial charge in [0.2, 0.25) is 0 Å². The third-order valence-corrected chi connectivity index (χ3v) is 6.73. The van der Waals surface area contributed by atoms with Gasteiger partial charge < -0.3 is 25.0 Å². The molecule has 2 aromatic rings. The lowest BCUT2D eigenvalue weighted by molar-refractivity contribution is 0.0383. The summed E-state index contributed by atoms with van der Waals surface area (Å²) in [6, 6.07) is 15.2. The van der Waals surface area contributed by atoms with Gasteiger partial charge >= 0.3 is 0 Å². The predicted octanol–water partition coefficient (Wildman–Crippen LogP) is 2.49. The van der Waals surface area contributed by atoms with Crippen molar-refractivity contribution in [3.05, 3.63) is 65.2 Å². The van der Waals surface area contributed by atoms with Crippen LogP contribution >= 0.6 is 0 Å². The van der Waals surface area contributed by atoms with Gasteiger partial charge in [-0.1, -0.05) is 24.3 Å². The highest BCUT2D eigenvalue weighted by Gasteiger charge is 2.38. The van der Waals surface area contributed by atoms with Gasteiger partial charge in [-0.2, -0.15) is 0 Å². The minimum atomic E-state index is -0.299. The molecule has 3 aliphatic rings. The van der Waals surface area contributed by atoms with Crippen molar-refractivity contribution in [1.29, 1.82) is 0 Å². The number of carbonyl (C=O) groups is 2. The van der Waals surface area contributed by atoms with Gasteiger partial charge in [0.1, 0.15) is 6.17 Å². The molecule has 3 heterocycles. The number of nitrogens with one attached hydrogen (secondary N) is 2. The second kappa shape index (κ2) is 10.5. The van der Waals surface area contributed by atoms with Crippen LogP contribution in [0.2, 0.25) is 0 Å². The van der Waals surface area contributed by atoms with Crippen molar-refractivity contribution in [1.82, 2.24) is 15.1 Å². The Morgan fingerprint density at radius 1 is 1.06 bits per heavy atom. The molecule has 8 nitrogen and oxygen atoms in total. The fourth-order valence-corrected chi connectivity index (χ4v) is 4.88. The first-order valence-electron chi connectivity index (χ1n) is 12.2. The van der Waals surface area contributed by atoms with Crippen molar-refractivity contribution in [2.24, 2.45) is 0 Å². The van der Waals surface area contributed by atoms with Gasteiger partial charge in [-0.15, -0.1) is 0 Å². The van der Waals surface area contributed by atoms with Crippen LogP contribution in [0.4, 0.5) is 5.69 Å². The molecule has 8 heteroatoms. The molecule has 0 aromatic heterocycles. The van der Waals surface area contributed by atoms with Crippen molar-refractivity contribution in [2.45, 2.75) is 25.1 Å². The topological polar surface area (TPSA) is 83.1 Å². The normalized spacial score (nSPS) is 22.6. The summed E-state index contributed by atoms with van der Waals surface area (Å²) < 4.78 is 11.2. The molecular formula is C26H32N4O4. The van der Waals surface area contributed by atoms with Crippen LogP contribution in [0, 0.1) is 0 Å². The molecule has 0 saturated carbocycles. The van der Waals surface area contributed by atoms with Crippen molar-refractivity contribution in [2.75, 3.05) is 57.9 Å². The highest BCUT2D eigenvalue weighted by molar-refractivity contribution is 5.99. The van der Waals surface area contributed by atoms with Crippen LogP contribution in [-0.2, 0) is 9.47 Å². The second-order valence-electron chi connectivity index (χ2n) is 9.02. The van der Waals surface area contributed by atoms with Crippen LogP contribution in [0.25, 0.3) is 0 Å². The molecule has 0 spiro atoms. The summed E-state index contributed by atoms with van der Waals surface area (Å²) in [7, 11) is 0. The van der Waals surface area contributed by atoms with Gasteiger partial charge in [0.05, 0.1) is 19.3 Å². The summed E-state index contributed by atoms with van der Waals surface area (Å²) in [5.74, 6) is -0.0865. The van der Waals surface area contributed by atoms with Crippen LogP contribution < -0.4 is 10.6 Å². The average molecular weight is 465 g/mol. The molecular weight excluding hydrogens is 432 g/mol. The molecule has 180 valence electrons. The quantitative estimate of drug-likeness (QED) is 0.625. The van der Waals surface area contributed by atoms with Crippen LogP contribution in [0.15, 0.2) is 48.5 Å². The Kier molecular flexibility index (Phi) is 7.08. The van der Waals surface area contributed by atoms with E-state index in [9.17, 15) is 9.59 Å². The van der Waals surface area contributed by atoms with E-state index < -0.39 is 0 Å². The van der Waals surface area contributed by atoms with Crippen LogP contribution in [0.5, 0.6) is 0 Å². The lowest BCUT2D eigenvalue weighted by atomic mass is 10.1. The van der Waals surface area contributed by atoms with E-state index in [0.717, 1.165) is 69.1 Å². The molecule has 5 rings (SSSR count). The average Bonchev–Trinajstić information content (AvgIpc) is 3.48. The number of rotatable bonds is 8. The summed E-state index contributed by atoms with van der Waals surface area (Å²) in [5.41, 5.74) is 3.06. The molecule has 2 saturated heterocycles. The Morgan fingerprint density at radius 2 is 1.91 bits per heavy atom. The van der Waals surface area contributed by atoms with Crippen molar-refractivity contribution >= 4 is 17.5 Å². The van der Waals surface area contributed by atoms with E-state index in [1.54, 1.807) is 0 Å². The highest BCUT2D eigenvalue weighted by atomic mass is 16.5. The number of hydrogen-bond acceptors (Lipinski definition) is 6. The van der Waals surface area contributed by atoms with E-state index in [1.165, 1.54) is 0 Å². The molecule has 34 heavy (non-hydrogen) atoms. The highest BCUT2D eigenvalue weighted by Crippen LogP contribution is 2.35. The van der Waals surface area contributed by atoms with Crippen LogP contribution in [0.3, 0.4) is 0 Å². The van der Waals surface area contributed by atoms with Crippen LogP contribution in [-0.4, -0.2) is 80.3 Å². The fraction of sp³-hybridized carbons (Fsp3) is 0.462. The van der Waals surface area contributed by atoms with Gasteiger partial charge in [0.25, 0.3) is 11.8 Å². The zero-order valence-electron chi connectivity index (χ0n) is 19.4. The summed E-state index contributed by atoms with van der Waals surface area (Å²) in [6.07, 6.45) is 1.76. The number of benzene rings is 2. The lowest BCUT2D eigenvalue weighted by Gasteiger charge is -2.29. The Bertz CT molecular complexity index is 1020. The minimum absolute atomic E-state index is 0.0145. The van der Waals surface area contributed by atoms with E-state index in [-0.39, 0.29) is 24.1 Å². The molecule has 2 amide bonds. The smallest absolute Gasteiger partial charge is 0.256 e. The third-order valence-electron chi connectivity index (χ3n) is 6.73. The number of nitrogens with zero attached hydrogens (tertiary/aromatic N) is 2. The van der Waals surface area contributed by atoms with Gasteiger partial charge in [-0.3, -0.25) is 14.5 Å². The largest absolute Gasteiger partial charge is 0.379 e. The first kappa shape index (κ1) is 22.8. The van der Waals surface area contributed by atoms with E-state index in [2.05, 4.69) is 15.5 Å². The maximum absolute atomic E-state index is 13.2. The Hall–Kier alpha value is -2.94. The van der Waals surface area contributed by atoms with Gasteiger partial charge in [-0.05, 0) is 37.1 Å². The zero-order valence-corrected chi connectivity index (χ0v) is 19.4. The standard InChI is InChI=1S/C26H32N4O4/c31-25(27-10-11-29-12-15-33-16-13-29)19-5-3-6-20(17-19)28-24-22-8-1-2-9-23(22)26(32)30(24)18-21-7-4-14-34-21/h1-3,5-6,8-9,17,21,24,28H,4,7,10-16,18H2,(H,27,31). The Balaban J connectivity index is 1.26. The molecule has 0 radical (unpaired) electrons. The molecule has 2 unspecified atom stereocenters. The molecule has 0 aliphatic carbocycles. The van der Waals surface area contributed by atoms with Crippen molar-refractivity contribution in [3.8, 4) is 0 Å². The number of amides is 2. The second-order valence-corrected chi connectivity index (χ2v) is 9.02. The summed E-state index contributed by atoms with van der Waals surface area (Å²) in [4.78, 5) is 30.1. The summed E-state index contributed by atoms with van der Waals surface area (Å²) in [6.45, 7) is 6.00. The first-order valence-corrected chi connectivity index (χ1v) is 12.2.